The van der Waals surface area contributed by atoms with Gasteiger partial charge in [0.15, 0.2) is 0 Å². The normalized spacial score (nSPS) is 14.1. The number of aryl methyl sites for hydroxylation is 1. The Morgan fingerprint density at radius 2 is 1.82 bits per heavy atom. The van der Waals surface area contributed by atoms with Crippen LogP contribution in [0.3, 0.4) is 0 Å². The Kier molecular flexibility index (Phi) is 9.17. The van der Waals surface area contributed by atoms with E-state index in [4.69, 9.17) is 0 Å². The molecule has 4 heterocycles. The topological polar surface area (TPSA) is 153 Å². The highest BCUT2D eigenvalue weighted by Gasteiger charge is 2.21. The number of carbonyl (C=O) groups is 3. The van der Waals surface area contributed by atoms with Gasteiger partial charge in [-0.15, -0.1) is 11.3 Å². The molecule has 0 spiro atoms. The zero-order valence-corrected chi connectivity index (χ0v) is 23.0. The lowest BCUT2D eigenvalue weighted by molar-refractivity contribution is 0.0696. The summed E-state index contributed by atoms with van der Waals surface area (Å²) in [6.45, 7) is 9.32. The second-order valence-corrected chi connectivity index (χ2v) is 10.2. The number of hydrogen-bond donors (Lipinski definition) is 4. The Bertz CT molecular complexity index is 1350. The molecule has 0 atom stereocenters. The molecule has 0 unspecified atom stereocenters. The van der Waals surface area contributed by atoms with Crippen molar-refractivity contribution in [2.24, 2.45) is 0 Å². The van der Waals surface area contributed by atoms with Gasteiger partial charge in [0.2, 0.25) is 0 Å². The zero-order valence-electron chi connectivity index (χ0n) is 22.2. The van der Waals surface area contributed by atoms with Crippen LogP contribution in [-0.2, 0) is 0 Å². The molecule has 0 bridgehead atoms. The van der Waals surface area contributed by atoms with E-state index in [0.717, 1.165) is 32.7 Å². The maximum Gasteiger partial charge on any atom is 0.337 e. The molecule has 206 valence electrons. The minimum Gasteiger partial charge on any atom is -0.478 e. The predicted molar refractivity (Wildman–Crippen MR) is 149 cm³/mol. The lowest BCUT2D eigenvalue weighted by Gasteiger charge is -2.32. The van der Waals surface area contributed by atoms with E-state index in [1.807, 2.05) is 0 Å². The number of pyridine rings is 2. The van der Waals surface area contributed by atoms with E-state index < -0.39 is 12.0 Å². The highest BCUT2D eigenvalue weighted by Crippen LogP contribution is 2.36. The monoisotopic (exact) mass is 552 g/mol. The highest BCUT2D eigenvalue weighted by atomic mass is 32.1. The number of piperazine rings is 1. The Morgan fingerprint density at radius 1 is 1.05 bits per heavy atom. The lowest BCUT2D eigenvalue weighted by atomic mass is 10.0. The average molecular weight is 553 g/mol. The number of nitrogens with one attached hydrogen (secondary N) is 3. The number of amides is 3. The maximum absolute atomic E-state index is 13.0. The van der Waals surface area contributed by atoms with Gasteiger partial charge >= 0.3 is 12.0 Å². The molecule has 3 amide bonds. The van der Waals surface area contributed by atoms with E-state index in [1.54, 1.807) is 19.9 Å². The van der Waals surface area contributed by atoms with Crippen LogP contribution in [0.4, 0.5) is 10.6 Å². The minimum absolute atomic E-state index is 0.0266. The molecule has 1 saturated heterocycles. The van der Waals surface area contributed by atoms with E-state index in [2.05, 4.69) is 47.7 Å². The van der Waals surface area contributed by atoms with Gasteiger partial charge < -0.3 is 20.6 Å². The molecular weight excluding hydrogens is 520 g/mol. The van der Waals surface area contributed by atoms with Crippen molar-refractivity contribution in [1.29, 1.82) is 0 Å². The van der Waals surface area contributed by atoms with Crippen LogP contribution in [0.25, 0.3) is 21.7 Å². The smallest absolute Gasteiger partial charge is 0.337 e. The van der Waals surface area contributed by atoms with Gasteiger partial charge in [-0.3, -0.25) is 20.0 Å². The SMILES string of the molecule is CCNC(=O)Nc1cc(-c2nc(C)c(C(=O)NCCN3CCN(C)CC3)s2)c(-c2cncc(C(=O)O)c2)cn1. The fourth-order valence-corrected chi connectivity index (χ4v) is 5.17. The first kappa shape index (κ1) is 28.1. The van der Waals surface area contributed by atoms with Gasteiger partial charge in [0, 0.05) is 81.1 Å². The molecule has 3 aromatic rings. The summed E-state index contributed by atoms with van der Waals surface area (Å²) in [6.07, 6.45) is 4.34. The predicted octanol–water partition coefficient (Wildman–Crippen LogP) is 2.39. The van der Waals surface area contributed by atoms with Gasteiger partial charge in [-0.1, -0.05) is 0 Å². The van der Waals surface area contributed by atoms with Crippen LogP contribution in [0.15, 0.2) is 30.7 Å². The van der Waals surface area contributed by atoms with E-state index in [0.29, 0.717) is 45.4 Å². The number of anilines is 1. The second-order valence-electron chi connectivity index (χ2n) is 9.20. The number of nitrogens with zero attached hydrogens (tertiary/aromatic N) is 5. The molecule has 0 radical (unpaired) electrons. The van der Waals surface area contributed by atoms with Crippen LogP contribution in [0.5, 0.6) is 0 Å². The van der Waals surface area contributed by atoms with E-state index in [9.17, 15) is 19.5 Å². The van der Waals surface area contributed by atoms with Crippen LogP contribution >= 0.6 is 11.3 Å². The van der Waals surface area contributed by atoms with Gasteiger partial charge in [-0.25, -0.2) is 19.6 Å². The van der Waals surface area contributed by atoms with Crippen molar-refractivity contribution in [3.63, 3.8) is 0 Å². The summed E-state index contributed by atoms with van der Waals surface area (Å²) in [6, 6.07) is 2.75. The average Bonchev–Trinajstić information content (AvgIpc) is 3.31. The molecule has 0 aliphatic carbocycles. The number of carbonyl (C=O) groups excluding carboxylic acids is 2. The Labute approximate surface area is 230 Å². The van der Waals surface area contributed by atoms with E-state index >= 15 is 0 Å². The van der Waals surface area contributed by atoms with Gasteiger partial charge in [-0.05, 0) is 33.0 Å². The molecule has 0 saturated carbocycles. The van der Waals surface area contributed by atoms with Crippen molar-refractivity contribution in [3.8, 4) is 21.7 Å². The molecule has 1 aliphatic rings. The summed E-state index contributed by atoms with van der Waals surface area (Å²) < 4.78 is 0. The van der Waals surface area contributed by atoms with Crippen LogP contribution in [0.2, 0.25) is 0 Å². The number of likely N-dealkylation sites (N-methyl/N-ethyl adjacent to an activating group) is 1. The number of hydrogen-bond acceptors (Lipinski definition) is 9. The van der Waals surface area contributed by atoms with Crippen LogP contribution in [0, 0.1) is 6.92 Å². The molecule has 39 heavy (non-hydrogen) atoms. The summed E-state index contributed by atoms with van der Waals surface area (Å²) in [4.78, 5) is 54.8. The second kappa shape index (κ2) is 12.7. The standard InChI is InChI=1S/C26H32N8O4S/c1-4-28-26(38)32-21-12-19(20(15-30-21)17-11-18(25(36)37)14-27-13-17)24-31-16(2)22(39-24)23(35)29-5-6-34-9-7-33(3)8-10-34/h11-15H,4-10H2,1-3H3,(H,29,35)(H,36,37)(H2,28,30,32,38). The zero-order chi connectivity index (χ0) is 27.9. The molecular formula is C26H32N8O4S. The number of rotatable bonds is 9. The summed E-state index contributed by atoms with van der Waals surface area (Å²) in [5.74, 6) is -1.02. The number of carboxylic acids is 1. The van der Waals surface area contributed by atoms with Crippen molar-refractivity contribution >= 4 is 35.1 Å². The molecule has 4 N–H and O–H groups in total. The summed E-state index contributed by atoms with van der Waals surface area (Å²) in [5, 5.41) is 18.3. The fourth-order valence-electron chi connectivity index (χ4n) is 4.16. The molecule has 1 aliphatic heterocycles. The highest BCUT2D eigenvalue weighted by molar-refractivity contribution is 7.17. The molecule has 12 nitrogen and oxygen atoms in total. The van der Waals surface area contributed by atoms with Gasteiger partial charge in [-0.2, -0.15) is 0 Å². The van der Waals surface area contributed by atoms with Crippen LogP contribution in [-0.4, -0.2) is 101 Å². The quantitative estimate of drug-likeness (QED) is 0.313. The van der Waals surface area contributed by atoms with E-state index in [1.165, 1.54) is 36.0 Å². The number of aromatic nitrogens is 3. The first-order valence-corrected chi connectivity index (χ1v) is 13.5. The van der Waals surface area contributed by atoms with Gasteiger partial charge in [0.1, 0.15) is 15.7 Å². The largest absolute Gasteiger partial charge is 0.478 e. The van der Waals surface area contributed by atoms with Crippen LogP contribution in [0.1, 0.15) is 32.6 Å². The number of aromatic carboxylic acids is 1. The molecule has 0 aromatic carbocycles. The molecule has 1 fully saturated rings. The summed E-state index contributed by atoms with van der Waals surface area (Å²) in [7, 11) is 2.11. The van der Waals surface area contributed by atoms with Crippen molar-refractivity contribution in [2.75, 3.05) is 58.2 Å². The number of thiazole rings is 1. The Morgan fingerprint density at radius 3 is 2.54 bits per heavy atom. The minimum atomic E-state index is -1.10. The van der Waals surface area contributed by atoms with Crippen molar-refractivity contribution in [3.05, 3.63) is 46.9 Å². The fraction of sp³-hybridized carbons (Fsp3) is 0.385. The van der Waals surface area contributed by atoms with Crippen LogP contribution < -0.4 is 16.0 Å². The molecule has 13 heteroatoms. The third-order valence-corrected chi connectivity index (χ3v) is 7.51. The number of carboxylic acid groups (broad SMARTS) is 1. The first-order valence-electron chi connectivity index (χ1n) is 12.7. The number of urea groups is 1. The van der Waals surface area contributed by atoms with Crippen molar-refractivity contribution < 1.29 is 19.5 Å². The Balaban J connectivity index is 1.60. The Hall–Kier alpha value is -3.94. The molecule has 4 rings (SSSR count). The third kappa shape index (κ3) is 7.13. The summed E-state index contributed by atoms with van der Waals surface area (Å²) in [5.41, 5.74) is 2.28. The van der Waals surface area contributed by atoms with Gasteiger partial charge in [0.25, 0.3) is 5.91 Å². The maximum atomic E-state index is 13.0. The van der Waals surface area contributed by atoms with E-state index in [-0.39, 0.29) is 17.3 Å². The van der Waals surface area contributed by atoms with Gasteiger partial charge in [0.05, 0.1) is 11.3 Å². The van der Waals surface area contributed by atoms with Crippen molar-refractivity contribution in [2.45, 2.75) is 13.8 Å². The first-order chi connectivity index (χ1) is 18.7. The van der Waals surface area contributed by atoms with Crippen molar-refractivity contribution in [1.82, 2.24) is 35.4 Å². The summed E-state index contributed by atoms with van der Waals surface area (Å²) >= 11 is 1.23. The molecule has 3 aromatic heterocycles. The third-order valence-electron chi connectivity index (χ3n) is 6.32. The lowest BCUT2D eigenvalue weighted by Crippen LogP contribution is -2.46.